The van der Waals surface area contributed by atoms with E-state index in [0.29, 0.717) is 39.2 Å². The smallest absolute Gasteiger partial charge is 0.312 e. The van der Waals surface area contributed by atoms with Crippen LogP contribution in [0.3, 0.4) is 0 Å². The molecule has 152 valence electrons. The predicted octanol–water partition coefficient (Wildman–Crippen LogP) is 3.67. The standard InChI is InChI=1S/C18H18ClN5O5/c1-9-17(24(26)27)10(2)23(21-9)8-13-11(3)29-22-16(13)18(25)20-12-5-6-15(28-4)14(19)7-12/h5-7H,8H2,1-4H3,(H,20,25). The van der Waals surface area contributed by atoms with Gasteiger partial charge in [-0.2, -0.15) is 5.10 Å². The second-order valence-electron chi connectivity index (χ2n) is 6.30. The molecule has 0 atom stereocenters. The van der Waals surface area contributed by atoms with Gasteiger partial charge in [0.2, 0.25) is 0 Å². The summed E-state index contributed by atoms with van der Waals surface area (Å²) in [7, 11) is 1.49. The van der Waals surface area contributed by atoms with Crippen LogP contribution in [0.4, 0.5) is 11.4 Å². The molecule has 0 radical (unpaired) electrons. The number of halogens is 1. The van der Waals surface area contributed by atoms with Crippen molar-refractivity contribution in [3.8, 4) is 5.75 Å². The van der Waals surface area contributed by atoms with Crippen LogP contribution in [0.15, 0.2) is 22.7 Å². The summed E-state index contributed by atoms with van der Waals surface area (Å²) in [5.74, 6) is 0.390. The topological polar surface area (TPSA) is 125 Å². The zero-order valence-corrected chi connectivity index (χ0v) is 16.9. The van der Waals surface area contributed by atoms with E-state index in [1.165, 1.54) is 11.8 Å². The van der Waals surface area contributed by atoms with Crippen molar-refractivity contribution in [1.82, 2.24) is 14.9 Å². The Kier molecular flexibility index (Phi) is 5.55. The number of anilines is 1. The molecule has 29 heavy (non-hydrogen) atoms. The molecule has 11 heteroatoms. The van der Waals surface area contributed by atoms with Crippen molar-refractivity contribution >= 4 is 28.9 Å². The molecule has 1 amide bonds. The number of carbonyl (C=O) groups is 1. The van der Waals surface area contributed by atoms with Crippen LogP contribution in [0.2, 0.25) is 5.02 Å². The van der Waals surface area contributed by atoms with E-state index < -0.39 is 10.8 Å². The highest BCUT2D eigenvalue weighted by Crippen LogP contribution is 2.28. The molecule has 2 aromatic heterocycles. The molecule has 0 aliphatic rings. The SMILES string of the molecule is COc1ccc(NC(=O)c2noc(C)c2Cn2nc(C)c([N+](=O)[O-])c2C)cc1Cl. The molecule has 0 aliphatic heterocycles. The van der Waals surface area contributed by atoms with Crippen LogP contribution in [0.1, 0.15) is 33.2 Å². The van der Waals surface area contributed by atoms with Crippen LogP contribution in [0.5, 0.6) is 5.75 Å². The van der Waals surface area contributed by atoms with Gasteiger partial charge in [-0.1, -0.05) is 16.8 Å². The van der Waals surface area contributed by atoms with Gasteiger partial charge in [0.25, 0.3) is 5.91 Å². The highest BCUT2D eigenvalue weighted by Gasteiger charge is 2.25. The molecule has 1 aromatic carbocycles. The normalized spacial score (nSPS) is 10.8. The van der Waals surface area contributed by atoms with E-state index in [0.717, 1.165) is 0 Å². The molecule has 3 aromatic rings. The molecule has 10 nitrogen and oxygen atoms in total. The lowest BCUT2D eigenvalue weighted by Gasteiger charge is -2.08. The van der Waals surface area contributed by atoms with Gasteiger partial charge in [0, 0.05) is 11.3 Å². The quantitative estimate of drug-likeness (QED) is 0.477. The number of ether oxygens (including phenoxy) is 1. The number of amides is 1. The first-order valence-electron chi connectivity index (χ1n) is 8.51. The molecule has 0 saturated carbocycles. The number of nitrogens with one attached hydrogen (secondary N) is 1. The first-order chi connectivity index (χ1) is 13.7. The molecule has 0 unspecified atom stereocenters. The highest BCUT2D eigenvalue weighted by atomic mass is 35.5. The van der Waals surface area contributed by atoms with Crippen molar-refractivity contribution in [3.63, 3.8) is 0 Å². The number of nitrogens with zero attached hydrogens (tertiary/aromatic N) is 4. The van der Waals surface area contributed by atoms with Gasteiger partial charge in [-0.05, 0) is 39.0 Å². The molecular weight excluding hydrogens is 402 g/mol. The summed E-state index contributed by atoms with van der Waals surface area (Å²) in [6.45, 7) is 4.91. The maximum Gasteiger partial charge on any atom is 0.312 e. The summed E-state index contributed by atoms with van der Waals surface area (Å²) >= 11 is 6.08. The Morgan fingerprint density at radius 3 is 2.69 bits per heavy atom. The Balaban J connectivity index is 1.88. The summed E-state index contributed by atoms with van der Waals surface area (Å²) in [4.78, 5) is 23.5. The van der Waals surface area contributed by atoms with Crippen molar-refractivity contribution in [1.29, 1.82) is 0 Å². The van der Waals surface area contributed by atoms with Crippen LogP contribution in [-0.2, 0) is 6.54 Å². The van der Waals surface area contributed by atoms with Crippen LogP contribution in [0.25, 0.3) is 0 Å². The van der Waals surface area contributed by atoms with E-state index in [1.807, 2.05) is 0 Å². The minimum atomic E-state index is -0.505. The lowest BCUT2D eigenvalue weighted by atomic mass is 10.1. The first kappa shape index (κ1) is 20.3. The lowest BCUT2D eigenvalue weighted by molar-refractivity contribution is -0.386. The van der Waals surface area contributed by atoms with Gasteiger partial charge in [0.15, 0.2) is 5.69 Å². The largest absolute Gasteiger partial charge is 0.495 e. The summed E-state index contributed by atoms with van der Waals surface area (Å²) in [5, 5.41) is 22.3. The molecule has 1 N–H and O–H groups in total. The maximum atomic E-state index is 12.7. The molecule has 0 bridgehead atoms. The fourth-order valence-corrected chi connectivity index (χ4v) is 3.20. The Hall–Kier alpha value is -3.40. The molecule has 0 fully saturated rings. The number of aryl methyl sites for hydroxylation is 2. The third kappa shape index (κ3) is 3.92. The van der Waals surface area contributed by atoms with Gasteiger partial charge in [0.1, 0.15) is 22.9 Å². The van der Waals surface area contributed by atoms with Crippen LogP contribution >= 0.6 is 11.6 Å². The molecule has 0 saturated heterocycles. The first-order valence-corrected chi connectivity index (χ1v) is 8.89. The average Bonchev–Trinajstić information content (AvgIpc) is 3.15. The number of carbonyl (C=O) groups excluding carboxylic acids is 1. The van der Waals surface area contributed by atoms with Crippen molar-refractivity contribution < 1.29 is 19.0 Å². The van der Waals surface area contributed by atoms with E-state index in [4.69, 9.17) is 20.9 Å². The number of benzene rings is 1. The third-order valence-electron chi connectivity index (χ3n) is 4.44. The Bertz CT molecular complexity index is 1100. The summed E-state index contributed by atoms with van der Waals surface area (Å²) in [6, 6.07) is 4.82. The number of nitro groups is 1. The molecule has 3 rings (SSSR count). The minimum absolute atomic E-state index is 0.0574. The second kappa shape index (κ2) is 7.92. The van der Waals surface area contributed by atoms with Crippen molar-refractivity contribution in [2.24, 2.45) is 0 Å². The number of hydrogen-bond donors (Lipinski definition) is 1. The highest BCUT2D eigenvalue weighted by molar-refractivity contribution is 6.32. The maximum absolute atomic E-state index is 12.7. The Morgan fingerprint density at radius 1 is 1.38 bits per heavy atom. The van der Waals surface area contributed by atoms with Crippen LogP contribution < -0.4 is 10.1 Å². The summed E-state index contributed by atoms with van der Waals surface area (Å²) < 4.78 is 11.7. The Morgan fingerprint density at radius 2 is 2.10 bits per heavy atom. The lowest BCUT2D eigenvalue weighted by Crippen LogP contribution is -2.16. The second-order valence-corrected chi connectivity index (χ2v) is 6.71. The van der Waals surface area contributed by atoms with E-state index in [1.54, 1.807) is 39.0 Å². The average molecular weight is 420 g/mol. The number of aromatic nitrogens is 3. The van der Waals surface area contributed by atoms with Gasteiger partial charge in [-0.25, -0.2) is 0 Å². The van der Waals surface area contributed by atoms with Gasteiger partial charge in [0.05, 0.1) is 23.6 Å². The summed E-state index contributed by atoms with van der Waals surface area (Å²) in [6.07, 6.45) is 0. The van der Waals surface area contributed by atoms with Crippen molar-refractivity contribution in [2.75, 3.05) is 12.4 Å². The predicted molar refractivity (Wildman–Crippen MR) is 105 cm³/mol. The fraction of sp³-hybridized carbons (Fsp3) is 0.278. The monoisotopic (exact) mass is 419 g/mol. The van der Waals surface area contributed by atoms with Gasteiger partial charge in [-0.15, -0.1) is 0 Å². The number of hydrogen-bond acceptors (Lipinski definition) is 7. The molecule has 2 heterocycles. The van der Waals surface area contributed by atoms with E-state index in [2.05, 4.69) is 15.6 Å². The third-order valence-corrected chi connectivity index (χ3v) is 4.74. The van der Waals surface area contributed by atoms with Crippen LogP contribution in [-0.4, -0.2) is 32.9 Å². The minimum Gasteiger partial charge on any atom is -0.495 e. The zero-order chi connectivity index (χ0) is 21.3. The number of rotatable bonds is 6. The van der Waals surface area contributed by atoms with Gasteiger partial charge < -0.3 is 14.6 Å². The van der Waals surface area contributed by atoms with Gasteiger partial charge >= 0.3 is 5.69 Å². The molecular formula is C18H18ClN5O5. The fourth-order valence-electron chi connectivity index (χ4n) is 2.95. The van der Waals surface area contributed by atoms with Crippen molar-refractivity contribution in [2.45, 2.75) is 27.3 Å². The number of methoxy groups -OCH3 is 1. The molecule has 0 spiro atoms. The van der Waals surface area contributed by atoms with E-state index in [-0.39, 0.29) is 17.9 Å². The van der Waals surface area contributed by atoms with Crippen LogP contribution in [0, 0.1) is 30.9 Å². The van der Waals surface area contributed by atoms with Gasteiger partial charge in [-0.3, -0.25) is 19.6 Å². The van der Waals surface area contributed by atoms with E-state index >= 15 is 0 Å². The Labute approximate surface area is 170 Å². The van der Waals surface area contributed by atoms with E-state index in [9.17, 15) is 14.9 Å². The van der Waals surface area contributed by atoms with Crippen molar-refractivity contribution in [3.05, 3.63) is 61.7 Å². The summed E-state index contributed by atoms with van der Waals surface area (Å²) in [5.41, 5.74) is 1.60. The molecule has 0 aliphatic carbocycles. The zero-order valence-electron chi connectivity index (χ0n) is 16.1.